The second kappa shape index (κ2) is 7.33. The molecule has 110 valence electrons. The van der Waals surface area contributed by atoms with Crippen molar-refractivity contribution in [3.8, 4) is 5.75 Å². The number of hydrogen-bond donors (Lipinski definition) is 2. The first-order valence-corrected chi connectivity index (χ1v) is 7.03. The highest BCUT2D eigenvalue weighted by Gasteiger charge is 2.12. The van der Waals surface area contributed by atoms with E-state index in [0.717, 1.165) is 18.7 Å². The zero-order chi connectivity index (χ0) is 15.1. The quantitative estimate of drug-likeness (QED) is 0.849. The topological polar surface area (TPSA) is 50.4 Å². The average molecular weight is 284 g/mol. The maximum Gasteiger partial charge on any atom is 0.257 e. The Morgan fingerprint density at radius 1 is 1.05 bits per heavy atom. The van der Waals surface area contributed by atoms with Gasteiger partial charge >= 0.3 is 0 Å². The second-order valence-electron chi connectivity index (χ2n) is 4.63. The molecule has 0 fully saturated rings. The SMILES string of the molecule is CCCNc1ccccc1C(=O)Nc1ccccc1OC. The molecule has 21 heavy (non-hydrogen) atoms. The van der Waals surface area contributed by atoms with Crippen molar-refractivity contribution in [2.75, 3.05) is 24.3 Å². The Morgan fingerprint density at radius 3 is 2.43 bits per heavy atom. The molecule has 0 aliphatic heterocycles. The fraction of sp³-hybridized carbons (Fsp3) is 0.235. The van der Waals surface area contributed by atoms with Crippen molar-refractivity contribution in [2.45, 2.75) is 13.3 Å². The van der Waals surface area contributed by atoms with Crippen LogP contribution in [0.3, 0.4) is 0 Å². The summed E-state index contributed by atoms with van der Waals surface area (Å²) >= 11 is 0. The zero-order valence-corrected chi connectivity index (χ0v) is 12.3. The molecule has 0 aliphatic rings. The number of anilines is 2. The Kier molecular flexibility index (Phi) is 5.21. The Hall–Kier alpha value is -2.49. The molecule has 2 rings (SSSR count). The third kappa shape index (κ3) is 3.75. The molecule has 0 aromatic heterocycles. The highest BCUT2D eigenvalue weighted by atomic mass is 16.5. The molecule has 4 nitrogen and oxygen atoms in total. The summed E-state index contributed by atoms with van der Waals surface area (Å²) in [5.41, 5.74) is 2.12. The number of nitrogens with one attached hydrogen (secondary N) is 2. The van der Waals surface area contributed by atoms with E-state index in [-0.39, 0.29) is 5.91 Å². The van der Waals surface area contributed by atoms with Gasteiger partial charge in [0, 0.05) is 12.2 Å². The number of para-hydroxylation sites is 3. The van der Waals surface area contributed by atoms with Crippen LogP contribution in [0.15, 0.2) is 48.5 Å². The van der Waals surface area contributed by atoms with Crippen molar-refractivity contribution in [2.24, 2.45) is 0 Å². The number of carbonyl (C=O) groups excluding carboxylic acids is 1. The number of methoxy groups -OCH3 is 1. The molecule has 0 saturated carbocycles. The Balaban J connectivity index is 2.20. The first kappa shape index (κ1) is 14.9. The standard InChI is InChI=1S/C17H20N2O2/c1-3-12-18-14-9-5-4-8-13(14)17(20)19-15-10-6-7-11-16(15)21-2/h4-11,18H,3,12H2,1-2H3,(H,19,20). The lowest BCUT2D eigenvalue weighted by atomic mass is 10.1. The lowest BCUT2D eigenvalue weighted by Gasteiger charge is -2.13. The van der Waals surface area contributed by atoms with Gasteiger partial charge in [0.15, 0.2) is 0 Å². The summed E-state index contributed by atoms with van der Waals surface area (Å²) in [7, 11) is 1.59. The number of carbonyl (C=O) groups is 1. The molecule has 1 amide bonds. The number of hydrogen-bond acceptors (Lipinski definition) is 3. The summed E-state index contributed by atoms with van der Waals surface area (Å²) < 4.78 is 5.25. The van der Waals surface area contributed by atoms with Crippen LogP contribution in [0.5, 0.6) is 5.75 Å². The third-order valence-electron chi connectivity index (χ3n) is 3.09. The van der Waals surface area contributed by atoms with Crippen LogP contribution in [0.4, 0.5) is 11.4 Å². The molecule has 0 saturated heterocycles. The first-order chi connectivity index (χ1) is 10.3. The molecule has 0 aliphatic carbocycles. The van der Waals surface area contributed by atoms with E-state index in [4.69, 9.17) is 4.74 Å². The lowest BCUT2D eigenvalue weighted by molar-refractivity contribution is 0.102. The van der Waals surface area contributed by atoms with Gasteiger partial charge in [0.05, 0.1) is 18.4 Å². The van der Waals surface area contributed by atoms with Gasteiger partial charge in [0.25, 0.3) is 5.91 Å². The molecule has 0 atom stereocenters. The Bertz CT molecular complexity index is 611. The predicted octanol–water partition coefficient (Wildman–Crippen LogP) is 3.77. The Labute approximate surface area is 125 Å². The van der Waals surface area contributed by atoms with Crippen molar-refractivity contribution < 1.29 is 9.53 Å². The molecule has 2 aromatic carbocycles. The minimum atomic E-state index is -0.154. The first-order valence-electron chi connectivity index (χ1n) is 7.03. The summed E-state index contributed by atoms with van der Waals surface area (Å²) in [6, 6.07) is 14.8. The van der Waals surface area contributed by atoms with E-state index in [1.807, 2.05) is 48.5 Å². The molecule has 4 heteroatoms. The van der Waals surface area contributed by atoms with E-state index in [1.54, 1.807) is 7.11 Å². The van der Waals surface area contributed by atoms with Gasteiger partial charge in [-0.2, -0.15) is 0 Å². The molecule has 0 spiro atoms. The normalized spacial score (nSPS) is 10.0. The van der Waals surface area contributed by atoms with Crippen LogP contribution >= 0.6 is 0 Å². The number of benzene rings is 2. The predicted molar refractivity (Wildman–Crippen MR) is 86.2 cm³/mol. The van der Waals surface area contributed by atoms with Gasteiger partial charge in [-0.05, 0) is 30.7 Å². The van der Waals surface area contributed by atoms with E-state index in [2.05, 4.69) is 17.6 Å². The van der Waals surface area contributed by atoms with Crippen molar-refractivity contribution in [1.82, 2.24) is 0 Å². The molecular formula is C17H20N2O2. The van der Waals surface area contributed by atoms with Crippen LogP contribution in [0.1, 0.15) is 23.7 Å². The van der Waals surface area contributed by atoms with Gasteiger partial charge in [0.1, 0.15) is 5.75 Å². The van der Waals surface area contributed by atoms with Crippen molar-refractivity contribution in [1.29, 1.82) is 0 Å². The van der Waals surface area contributed by atoms with E-state index >= 15 is 0 Å². The molecule has 2 aromatic rings. The molecule has 0 heterocycles. The van der Waals surface area contributed by atoms with Crippen molar-refractivity contribution in [3.05, 3.63) is 54.1 Å². The van der Waals surface area contributed by atoms with Crippen LogP contribution in [-0.4, -0.2) is 19.6 Å². The fourth-order valence-electron chi connectivity index (χ4n) is 2.03. The number of ether oxygens (including phenoxy) is 1. The summed E-state index contributed by atoms with van der Waals surface area (Å²) in [6.07, 6.45) is 1.00. The summed E-state index contributed by atoms with van der Waals surface area (Å²) in [6.45, 7) is 2.92. The van der Waals surface area contributed by atoms with E-state index in [1.165, 1.54) is 0 Å². The zero-order valence-electron chi connectivity index (χ0n) is 12.3. The number of amides is 1. The van der Waals surface area contributed by atoms with Crippen LogP contribution < -0.4 is 15.4 Å². The largest absolute Gasteiger partial charge is 0.495 e. The smallest absolute Gasteiger partial charge is 0.257 e. The van der Waals surface area contributed by atoms with Gasteiger partial charge in [-0.3, -0.25) is 4.79 Å². The minimum absolute atomic E-state index is 0.154. The second-order valence-corrected chi connectivity index (χ2v) is 4.63. The molecule has 0 unspecified atom stereocenters. The summed E-state index contributed by atoms with van der Waals surface area (Å²) in [4.78, 5) is 12.5. The van der Waals surface area contributed by atoms with Crippen LogP contribution in [0, 0.1) is 0 Å². The van der Waals surface area contributed by atoms with E-state index < -0.39 is 0 Å². The van der Waals surface area contributed by atoms with E-state index in [9.17, 15) is 4.79 Å². The highest BCUT2D eigenvalue weighted by Crippen LogP contribution is 2.25. The van der Waals surface area contributed by atoms with Gasteiger partial charge in [0.2, 0.25) is 0 Å². The lowest BCUT2D eigenvalue weighted by Crippen LogP contribution is -2.15. The van der Waals surface area contributed by atoms with Gasteiger partial charge in [-0.15, -0.1) is 0 Å². The highest BCUT2D eigenvalue weighted by molar-refractivity contribution is 6.08. The monoisotopic (exact) mass is 284 g/mol. The van der Waals surface area contributed by atoms with Gasteiger partial charge < -0.3 is 15.4 Å². The Morgan fingerprint density at radius 2 is 1.71 bits per heavy atom. The maximum absolute atomic E-state index is 12.5. The molecule has 2 N–H and O–H groups in total. The van der Waals surface area contributed by atoms with Crippen LogP contribution in [0.25, 0.3) is 0 Å². The van der Waals surface area contributed by atoms with Gasteiger partial charge in [-0.1, -0.05) is 31.2 Å². The van der Waals surface area contributed by atoms with Gasteiger partial charge in [-0.25, -0.2) is 0 Å². The molecular weight excluding hydrogens is 264 g/mol. The molecule has 0 radical (unpaired) electrons. The van der Waals surface area contributed by atoms with Crippen LogP contribution in [-0.2, 0) is 0 Å². The fourth-order valence-corrected chi connectivity index (χ4v) is 2.03. The molecule has 0 bridgehead atoms. The summed E-state index contributed by atoms with van der Waals surface area (Å²) in [5, 5.41) is 6.16. The maximum atomic E-state index is 12.5. The van der Waals surface area contributed by atoms with Crippen molar-refractivity contribution in [3.63, 3.8) is 0 Å². The van der Waals surface area contributed by atoms with Crippen LogP contribution in [0.2, 0.25) is 0 Å². The van der Waals surface area contributed by atoms with Crippen molar-refractivity contribution >= 4 is 17.3 Å². The van der Waals surface area contributed by atoms with E-state index in [0.29, 0.717) is 17.0 Å². The average Bonchev–Trinajstić information content (AvgIpc) is 2.53. The third-order valence-corrected chi connectivity index (χ3v) is 3.09. The number of rotatable bonds is 6. The summed E-state index contributed by atoms with van der Waals surface area (Å²) in [5.74, 6) is 0.489. The minimum Gasteiger partial charge on any atom is -0.495 e.